The lowest BCUT2D eigenvalue weighted by molar-refractivity contribution is 0.0595. The van der Waals surface area contributed by atoms with Crippen LogP contribution in [0.4, 0.5) is 0 Å². The smallest absolute Gasteiger partial charge is 0.0695 e. The van der Waals surface area contributed by atoms with Crippen molar-refractivity contribution in [2.75, 3.05) is 33.7 Å². The van der Waals surface area contributed by atoms with Crippen LogP contribution in [0.1, 0.15) is 33.1 Å². The van der Waals surface area contributed by atoms with Crippen LogP contribution in [0.2, 0.25) is 0 Å². The minimum absolute atomic E-state index is 0.0964. The van der Waals surface area contributed by atoms with Gasteiger partial charge in [-0.05, 0) is 39.3 Å². The molecule has 16 heavy (non-hydrogen) atoms. The van der Waals surface area contributed by atoms with E-state index in [-0.39, 0.29) is 6.10 Å². The molecule has 0 aliphatic heterocycles. The standard InChI is InChI=1S/C13H28N2O/c1-11(2)10-15(9-8-14(3)4)12-6-5-7-13(12)16/h11-13,16H,5-10H2,1-4H3. The van der Waals surface area contributed by atoms with Gasteiger partial charge >= 0.3 is 0 Å². The lowest BCUT2D eigenvalue weighted by Gasteiger charge is -2.33. The van der Waals surface area contributed by atoms with Gasteiger partial charge in [0.25, 0.3) is 0 Å². The molecular weight excluding hydrogens is 200 g/mol. The van der Waals surface area contributed by atoms with Crippen molar-refractivity contribution in [3.05, 3.63) is 0 Å². The van der Waals surface area contributed by atoms with Crippen molar-refractivity contribution in [3.63, 3.8) is 0 Å². The van der Waals surface area contributed by atoms with Crippen molar-refractivity contribution in [2.24, 2.45) is 5.92 Å². The van der Waals surface area contributed by atoms with Crippen molar-refractivity contribution in [1.82, 2.24) is 9.80 Å². The maximum Gasteiger partial charge on any atom is 0.0695 e. The van der Waals surface area contributed by atoms with Crippen LogP contribution in [0.25, 0.3) is 0 Å². The maximum absolute atomic E-state index is 9.98. The van der Waals surface area contributed by atoms with Crippen LogP contribution in [0.3, 0.4) is 0 Å². The van der Waals surface area contributed by atoms with Crippen LogP contribution >= 0.6 is 0 Å². The van der Waals surface area contributed by atoms with Gasteiger partial charge in [0, 0.05) is 25.7 Å². The molecule has 0 spiro atoms. The highest BCUT2D eigenvalue weighted by atomic mass is 16.3. The normalized spacial score (nSPS) is 26.2. The molecule has 0 bridgehead atoms. The minimum Gasteiger partial charge on any atom is -0.391 e. The van der Waals surface area contributed by atoms with Crippen LogP contribution in [0, 0.1) is 5.92 Å². The van der Waals surface area contributed by atoms with E-state index in [1.165, 1.54) is 12.8 Å². The Morgan fingerprint density at radius 1 is 1.19 bits per heavy atom. The average molecular weight is 228 g/mol. The molecule has 0 saturated heterocycles. The fourth-order valence-electron chi connectivity index (χ4n) is 2.54. The van der Waals surface area contributed by atoms with E-state index in [0.29, 0.717) is 12.0 Å². The minimum atomic E-state index is -0.0964. The summed E-state index contributed by atoms with van der Waals surface area (Å²) in [5.74, 6) is 0.676. The zero-order valence-electron chi connectivity index (χ0n) is 11.3. The summed E-state index contributed by atoms with van der Waals surface area (Å²) in [6.07, 6.45) is 3.24. The molecule has 0 heterocycles. The SMILES string of the molecule is CC(C)CN(CCN(C)C)C1CCCC1O. The molecule has 3 nitrogen and oxygen atoms in total. The van der Waals surface area contributed by atoms with Gasteiger partial charge in [0.2, 0.25) is 0 Å². The largest absolute Gasteiger partial charge is 0.391 e. The molecule has 0 aromatic heterocycles. The number of aliphatic hydroxyl groups excluding tert-OH is 1. The summed E-state index contributed by atoms with van der Waals surface area (Å²) in [6, 6.07) is 0.405. The number of likely N-dealkylation sites (N-methyl/N-ethyl adjacent to an activating group) is 1. The van der Waals surface area contributed by atoms with Crippen molar-refractivity contribution in [2.45, 2.75) is 45.3 Å². The van der Waals surface area contributed by atoms with E-state index >= 15 is 0 Å². The first-order chi connectivity index (χ1) is 7.50. The number of nitrogens with zero attached hydrogens (tertiary/aromatic N) is 2. The highest BCUT2D eigenvalue weighted by Crippen LogP contribution is 2.24. The van der Waals surface area contributed by atoms with E-state index in [9.17, 15) is 5.11 Å². The van der Waals surface area contributed by atoms with E-state index in [4.69, 9.17) is 0 Å². The zero-order valence-corrected chi connectivity index (χ0v) is 11.3. The Bertz CT molecular complexity index is 194. The molecule has 1 N–H and O–H groups in total. The summed E-state index contributed by atoms with van der Waals surface area (Å²) < 4.78 is 0. The van der Waals surface area contributed by atoms with Gasteiger partial charge < -0.3 is 10.0 Å². The van der Waals surface area contributed by atoms with Crippen molar-refractivity contribution in [1.29, 1.82) is 0 Å². The molecule has 0 aromatic rings. The summed E-state index contributed by atoms with van der Waals surface area (Å²) >= 11 is 0. The van der Waals surface area contributed by atoms with Crippen molar-refractivity contribution in [3.8, 4) is 0 Å². The monoisotopic (exact) mass is 228 g/mol. The second-order valence-corrected chi connectivity index (χ2v) is 5.76. The second-order valence-electron chi connectivity index (χ2n) is 5.76. The Hall–Kier alpha value is -0.120. The highest BCUT2D eigenvalue weighted by Gasteiger charge is 2.30. The Morgan fingerprint density at radius 3 is 2.31 bits per heavy atom. The fourth-order valence-corrected chi connectivity index (χ4v) is 2.54. The summed E-state index contributed by atoms with van der Waals surface area (Å²) in [7, 11) is 4.22. The van der Waals surface area contributed by atoms with E-state index in [1.807, 2.05) is 0 Å². The van der Waals surface area contributed by atoms with Gasteiger partial charge in [-0.15, -0.1) is 0 Å². The topological polar surface area (TPSA) is 26.7 Å². The van der Waals surface area contributed by atoms with Gasteiger partial charge in [-0.1, -0.05) is 13.8 Å². The summed E-state index contributed by atoms with van der Waals surface area (Å²) in [5.41, 5.74) is 0. The lowest BCUT2D eigenvalue weighted by atomic mass is 10.1. The third kappa shape index (κ3) is 4.40. The molecule has 1 saturated carbocycles. The molecule has 0 amide bonds. The van der Waals surface area contributed by atoms with E-state index in [0.717, 1.165) is 26.1 Å². The van der Waals surface area contributed by atoms with Crippen LogP contribution in [0.15, 0.2) is 0 Å². The lowest BCUT2D eigenvalue weighted by Crippen LogP contribution is -2.45. The number of hydrogen-bond acceptors (Lipinski definition) is 3. The second kappa shape index (κ2) is 6.58. The van der Waals surface area contributed by atoms with Gasteiger partial charge in [0.15, 0.2) is 0 Å². The number of rotatable bonds is 6. The average Bonchev–Trinajstić information content (AvgIpc) is 2.58. The quantitative estimate of drug-likeness (QED) is 0.745. The third-order valence-corrected chi connectivity index (χ3v) is 3.35. The Labute approximate surface area is 100 Å². The van der Waals surface area contributed by atoms with E-state index in [1.54, 1.807) is 0 Å². The van der Waals surface area contributed by atoms with Crippen LogP contribution < -0.4 is 0 Å². The maximum atomic E-state index is 9.98. The Balaban J connectivity index is 2.48. The molecule has 1 aliphatic rings. The van der Waals surface area contributed by atoms with Crippen LogP contribution in [0.5, 0.6) is 0 Å². The molecule has 96 valence electrons. The molecule has 1 rings (SSSR count). The Morgan fingerprint density at radius 2 is 1.88 bits per heavy atom. The predicted octanol–water partition coefficient (Wildman–Crippen LogP) is 1.42. The molecule has 2 unspecified atom stereocenters. The molecular formula is C13H28N2O. The molecule has 3 heteroatoms. The first-order valence-corrected chi connectivity index (χ1v) is 6.57. The highest BCUT2D eigenvalue weighted by molar-refractivity contribution is 4.85. The first kappa shape index (κ1) is 13.9. The Kier molecular flexibility index (Phi) is 5.73. The van der Waals surface area contributed by atoms with Gasteiger partial charge in [-0.3, -0.25) is 4.90 Å². The molecule has 0 radical (unpaired) electrons. The van der Waals surface area contributed by atoms with Crippen molar-refractivity contribution < 1.29 is 5.11 Å². The van der Waals surface area contributed by atoms with Crippen LogP contribution in [-0.4, -0.2) is 60.8 Å². The number of hydrogen-bond donors (Lipinski definition) is 1. The zero-order chi connectivity index (χ0) is 12.1. The third-order valence-electron chi connectivity index (χ3n) is 3.35. The summed E-state index contributed by atoms with van der Waals surface area (Å²) in [6.45, 7) is 7.77. The molecule has 1 fully saturated rings. The van der Waals surface area contributed by atoms with E-state index < -0.39 is 0 Å². The van der Waals surface area contributed by atoms with Gasteiger partial charge in [-0.2, -0.15) is 0 Å². The van der Waals surface area contributed by atoms with Crippen molar-refractivity contribution >= 4 is 0 Å². The molecule has 1 aliphatic carbocycles. The molecule has 0 aromatic carbocycles. The fraction of sp³-hybridized carbons (Fsp3) is 1.00. The van der Waals surface area contributed by atoms with Gasteiger partial charge in [0.05, 0.1) is 6.10 Å². The van der Waals surface area contributed by atoms with E-state index in [2.05, 4.69) is 37.7 Å². The molecule has 2 atom stereocenters. The predicted molar refractivity (Wildman–Crippen MR) is 68.6 cm³/mol. The first-order valence-electron chi connectivity index (χ1n) is 6.57. The van der Waals surface area contributed by atoms with Crippen LogP contribution in [-0.2, 0) is 0 Å². The summed E-state index contributed by atoms with van der Waals surface area (Å²) in [4.78, 5) is 4.71. The van der Waals surface area contributed by atoms with Gasteiger partial charge in [-0.25, -0.2) is 0 Å². The van der Waals surface area contributed by atoms with Gasteiger partial charge in [0.1, 0.15) is 0 Å². The number of aliphatic hydroxyl groups is 1. The summed E-state index contributed by atoms with van der Waals surface area (Å²) in [5, 5.41) is 9.98.